The van der Waals surface area contributed by atoms with Crippen LogP contribution < -0.4 is 5.32 Å². The largest absolute Gasteiger partial charge is 0.387 e. The van der Waals surface area contributed by atoms with Crippen molar-refractivity contribution in [2.75, 3.05) is 6.54 Å². The van der Waals surface area contributed by atoms with Crippen molar-refractivity contribution in [3.63, 3.8) is 0 Å². The second-order valence-corrected chi connectivity index (χ2v) is 4.89. The minimum absolute atomic E-state index is 0.0341. The Labute approximate surface area is 127 Å². The molecule has 0 radical (unpaired) electrons. The van der Waals surface area contributed by atoms with Crippen molar-refractivity contribution < 1.29 is 14.8 Å². The SMILES string of the molecule is Cc1ccccc1C(O)CNC(=O)c1cccc([N+](=O)[O-])c1. The minimum Gasteiger partial charge on any atom is -0.387 e. The van der Waals surface area contributed by atoms with E-state index in [-0.39, 0.29) is 17.8 Å². The van der Waals surface area contributed by atoms with Gasteiger partial charge in [-0.1, -0.05) is 30.3 Å². The predicted octanol–water partition coefficient (Wildman–Crippen LogP) is 2.37. The Morgan fingerprint density at radius 1 is 1.27 bits per heavy atom. The molecule has 1 atom stereocenters. The zero-order valence-electron chi connectivity index (χ0n) is 12.0. The fourth-order valence-corrected chi connectivity index (χ4v) is 2.12. The first-order chi connectivity index (χ1) is 10.5. The first-order valence-electron chi connectivity index (χ1n) is 6.75. The standard InChI is InChI=1S/C16H16N2O4/c1-11-5-2-3-8-14(11)15(19)10-17-16(20)12-6-4-7-13(9-12)18(21)22/h2-9,15,19H,10H2,1H3,(H,17,20). The lowest BCUT2D eigenvalue weighted by Gasteiger charge is -2.14. The number of aliphatic hydroxyl groups excluding tert-OH is 1. The molecule has 1 amide bonds. The van der Waals surface area contributed by atoms with Crippen LogP contribution in [0.25, 0.3) is 0 Å². The highest BCUT2D eigenvalue weighted by atomic mass is 16.6. The first kappa shape index (κ1) is 15.7. The highest BCUT2D eigenvalue weighted by Crippen LogP contribution is 2.17. The molecule has 0 saturated carbocycles. The smallest absolute Gasteiger partial charge is 0.270 e. The third-order valence-electron chi connectivity index (χ3n) is 3.32. The molecule has 6 heteroatoms. The van der Waals surface area contributed by atoms with Crippen LogP contribution in [0, 0.1) is 17.0 Å². The zero-order valence-corrected chi connectivity index (χ0v) is 12.0. The average molecular weight is 300 g/mol. The molecule has 0 fully saturated rings. The van der Waals surface area contributed by atoms with Crippen molar-refractivity contribution in [1.29, 1.82) is 0 Å². The summed E-state index contributed by atoms with van der Waals surface area (Å²) in [6.45, 7) is 1.91. The molecule has 2 N–H and O–H groups in total. The number of nitro groups is 1. The van der Waals surface area contributed by atoms with Gasteiger partial charge in [-0.25, -0.2) is 0 Å². The number of aryl methyl sites for hydroxylation is 1. The summed E-state index contributed by atoms with van der Waals surface area (Å²) in [6, 6.07) is 12.8. The fraction of sp³-hybridized carbons (Fsp3) is 0.188. The molecule has 0 aliphatic carbocycles. The van der Waals surface area contributed by atoms with Gasteiger partial charge in [0.15, 0.2) is 0 Å². The fourth-order valence-electron chi connectivity index (χ4n) is 2.12. The number of nitro benzene ring substituents is 1. The first-order valence-corrected chi connectivity index (χ1v) is 6.75. The summed E-state index contributed by atoms with van der Waals surface area (Å²) < 4.78 is 0. The average Bonchev–Trinajstić information content (AvgIpc) is 2.52. The number of nitrogens with zero attached hydrogens (tertiary/aromatic N) is 1. The second-order valence-electron chi connectivity index (χ2n) is 4.89. The van der Waals surface area contributed by atoms with Crippen LogP contribution in [0.5, 0.6) is 0 Å². The lowest BCUT2D eigenvalue weighted by molar-refractivity contribution is -0.384. The Hall–Kier alpha value is -2.73. The number of benzene rings is 2. The topological polar surface area (TPSA) is 92.5 Å². The monoisotopic (exact) mass is 300 g/mol. The summed E-state index contributed by atoms with van der Waals surface area (Å²) in [4.78, 5) is 22.1. The van der Waals surface area contributed by atoms with Crippen LogP contribution >= 0.6 is 0 Å². The van der Waals surface area contributed by atoms with Gasteiger partial charge in [-0.2, -0.15) is 0 Å². The van der Waals surface area contributed by atoms with E-state index in [9.17, 15) is 20.0 Å². The van der Waals surface area contributed by atoms with Gasteiger partial charge in [0.05, 0.1) is 11.0 Å². The van der Waals surface area contributed by atoms with E-state index in [1.54, 1.807) is 6.07 Å². The van der Waals surface area contributed by atoms with Gasteiger partial charge in [-0.3, -0.25) is 14.9 Å². The molecule has 2 aromatic rings. The normalized spacial score (nSPS) is 11.7. The lowest BCUT2D eigenvalue weighted by Crippen LogP contribution is -2.28. The van der Waals surface area contributed by atoms with Crippen LogP contribution in [0.2, 0.25) is 0 Å². The maximum Gasteiger partial charge on any atom is 0.270 e. The van der Waals surface area contributed by atoms with E-state index in [2.05, 4.69) is 5.32 Å². The van der Waals surface area contributed by atoms with Gasteiger partial charge in [0.25, 0.3) is 11.6 Å². The van der Waals surface area contributed by atoms with Gasteiger partial charge in [0.2, 0.25) is 0 Å². The van der Waals surface area contributed by atoms with E-state index < -0.39 is 16.9 Å². The highest BCUT2D eigenvalue weighted by molar-refractivity contribution is 5.94. The molecule has 0 spiro atoms. The van der Waals surface area contributed by atoms with Crippen LogP contribution in [-0.4, -0.2) is 22.5 Å². The van der Waals surface area contributed by atoms with E-state index in [4.69, 9.17) is 0 Å². The van der Waals surface area contributed by atoms with E-state index in [1.807, 2.05) is 25.1 Å². The molecule has 114 valence electrons. The van der Waals surface area contributed by atoms with E-state index >= 15 is 0 Å². The number of amides is 1. The van der Waals surface area contributed by atoms with Crippen molar-refractivity contribution in [3.05, 3.63) is 75.3 Å². The number of carbonyl (C=O) groups is 1. The molecular formula is C16H16N2O4. The highest BCUT2D eigenvalue weighted by Gasteiger charge is 2.14. The number of hydrogen-bond acceptors (Lipinski definition) is 4. The summed E-state index contributed by atoms with van der Waals surface area (Å²) in [5.41, 5.74) is 1.71. The summed E-state index contributed by atoms with van der Waals surface area (Å²) in [5, 5.41) is 23.4. The van der Waals surface area contributed by atoms with Crippen LogP contribution in [0.3, 0.4) is 0 Å². The number of hydrogen-bond donors (Lipinski definition) is 2. The second kappa shape index (κ2) is 6.82. The van der Waals surface area contributed by atoms with Crippen molar-refractivity contribution in [1.82, 2.24) is 5.32 Å². The summed E-state index contributed by atoms with van der Waals surface area (Å²) >= 11 is 0. The number of aliphatic hydroxyl groups is 1. The molecule has 2 aromatic carbocycles. The molecule has 22 heavy (non-hydrogen) atoms. The number of rotatable bonds is 5. The zero-order chi connectivity index (χ0) is 16.1. The Bertz CT molecular complexity index is 700. The summed E-state index contributed by atoms with van der Waals surface area (Å²) in [7, 11) is 0. The molecular weight excluding hydrogens is 284 g/mol. The number of nitrogens with one attached hydrogen (secondary N) is 1. The Kier molecular flexibility index (Phi) is 4.85. The third kappa shape index (κ3) is 3.67. The summed E-state index contributed by atoms with van der Waals surface area (Å²) in [5.74, 6) is -0.462. The molecule has 2 rings (SSSR count). The molecule has 0 aromatic heterocycles. The van der Waals surface area contributed by atoms with E-state index in [1.165, 1.54) is 24.3 Å². The molecule has 0 aliphatic rings. The predicted molar refractivity (Wildman–Crippen MR) is 81.6 cm³/mol. The molecule has 0 heterocycles. The Morgan fingerprint density at radius 2 is 2.00 bits per heavy atom. The lowest BCUT2D eigenvalue weighted by atomic mass is 10.0. The van der Waals surface area contributed by atoms with Gasteiger partial charge in [-0.15, -0.1) is 0 Å². The van der Waals surface area contributed by atoms with Gasteiger partial charge >= 0.3 is 0 Å². The maximum atomic E-state index is 12.0. The molecule has 1 unspecified atom stereocenters. The van der Waals surface area contributed by atoms with Gasteiger partial charge < -0.3 is 10.4 Å². The molecule has 0 bridgehead atoms. The van der Waals surface area contributed by atoms with Gasteiger partial charge in [0.1, 0.15) is 0 Å². The third-order valence-corrected chi connectivity index (χ3v) is 3.32. The minimum atomic E-state index is -0.830. The maximum absolute atomic E-state index is 12.0. The van der Waals surface area contributed by atoms with E-state index in [0.29, 0.717) is 0 Å². The number of carbonyl (C=O) groups excluding carboxylic acids is 1. The van der Waals surface area contributed by atoms with Crippen molar-refractivity contribution in [3.8, 4) is 0 Å². The number of non-ortho nitro benzene ring substituents is 1. The van der Waals surface area contributed by atoms with Crippen molar-refractivity contribution in [2.24, 2.45) is 0 Å². The Morgan fingerprint density at radius 3 is 2.68 bits per heavy atom. The van der Waals surface area contributed by atoms with Crippen LogP contribution in [0.1, 0.15) is 27.6 Å². The Balaban J connectivity index is 2.02. The van der Waals surface area contributed by atoms with Crippen LogP contribution in [0.4, 0.5) is 5.69 Å². The molecule has 0 saturated heterocycles. The quantitative estimate of drug-likeness (QED) is 0.655. The van der Waals surface area contributed by atoms with Gasteiger partial charge in [0, 0.05) is 24.2 Å². The van der Waals surface area contributed by atoms with E-state index in [0.717, 1.165) is 11.1 Å². The summed E-state index contributed by atoms with van der Waals surface area (Å²) in [6.07, 6.45) is -0.830. The molecule has 6 nitrogen and oxygen atoms in total. The molecule has 0 aliphatic heterocycles. The van der Waals surface area contributed by atoms with Crippen molar-refractivity contribution in [2.45, 2.75) is 13.0 Å². The van der Waals surface area contributed by atoms with Crippen molar-refractivity contribution >= 4 is 11.6 Å². The van der Waals surface area contributed by atoms with Crippen LogP contribution in [0.15, 0.2) is 48.5 Å². The van der Waals surface area contributed by atoms with Gasteiger partial charge in [-0.05, 0) is 24.1 Å². The van der Waals surface area contributed by atoms with Crippen LogP contribution in [-0.2, 0) is 0 Å².